The predicted octanol–water partition coefficient (Wildman–Crippen LogP) is 3.46. The predicted molar refractivity (Wildman–Crippen MR) is 72.8 cm³/mol. The number of nitrogens with two attached hydrogens (primary N) is 1. The fourth-order valence-electron chi connectivity index (χ4n) is 2.05. The molecule has 2 N–H and O–H groups in total. The van der Waals surface area contributed by atoms with Crippen LogP contribution in [0.15, 0.2) is 36.5 Å². The van der Waals surface area contributed by atoms with Crippen molar-refractivity contribution in [1.29, 1.82) is 0 Å². The van der Waals surface area contributed by atoms with E-state index in [1.807, 2.05) is 12.1 Å². The number of benzene rings is 1. The lowest BCUT2D eigenvalue weighted by atomic mass is 9.95. The number of anilines is 1. The average molecular weight is 226 g/mol. The summed E-state index contributed by atoms with van der Waals surface area (Å²) in [5, 5.41) is 0. The van der Waals surface area contributed by atoms with Crippen LogP contribution in [-0.4, -0.2) is 4.98 Å². The third kappa shape index (κ3) is 2.31. The van der Waals surface area contributed by atoms with Crippen LogP contribution in [-0.2, 0) is 12.8 Å². The van der Waals surface area contributed by atoms with Gasteiger partial charge in [0.1, 0.15) is 5.82 Å². The molecule has 2 rings (SSSR count). The maximum atomic E-state index is 5.96. The summed E-state index contributed by atoms with van der Waals surface area (Å²) in [5.41, 5.74) is 10.9. The molecule has 0 aliphatic heterocycles. The quantitative estimate of drug-likeness (QED) is 0.870. The largest absolute Gasteiger partial charge is 0.383 e. The van der Waals surface area contributed by atoms with E-state index in [1.165, 1.54) is 16.7 Å². The van der Waals surface area contributed by atoms with Crippen molar-refractivity contribution < 1.29 is 0 Å². The van der Waals surface area contributed by atoms with Gasteiger partial charge in [0.25, 0.3) is 0 Å². The van der Waals surface area contributed by atoms with Crippen LogP contribution < -0.4 is 5.73 Å². The summed E-state index contributed by atoms with van der Waals surface area (Å²) in [6.45, 7) is 4.33. The van der Waals surface area contributed by atoms with Gasteiger partial charge in [-0.15, -0.1) is 0 Å². The molecule has 0 amide bonds. The molecule has 2 aromatic rings. The zero-order valence-electron chi connectivity index (χ0n) is 10.4. The number of hydrogen-bond acceptors (Lipinski definition) is 2. The molecule has 17 heavy (non-hydrogen) atoms. The van der Waals surface area contributed by atoms with Crippen molar-refractivity contribution in [2.45, 2.75) is 26.7 Å². The van der Waals surface area contributed by atoms with Gasteiger partial charge in [-0.1, -0.05) is 32.0 Å². The molecular weight excluding hydrogens is 208 g/mol. The van der Waals surface area contributed by atoms with Gasteiger partial charge in [0.05, 0.1) is 0 Å². The van der Waals surface area contributed by atoms with E-state index < -0.39 is 0 Å². The van der Waals surface area contributed by atoms with Crippen molar-refractivity contribution in [3.8, 4) is 11.1 Å². The third-order valence-electron chi connectivity index (χ3n) is 3.09. The molecule has 2 nitrogen and oxygen atoms in total. The van der Waals surface area contributed by atoms with Crippen molar-refractivity contribution in [3.05, 3.63) is 47.7 Å². The number of pyridine rings is 1. The molecule has 1 heterocycles. The summed E-state index contributed by atoms with van der Waals surface area (Å²) in [7, 11) is 0. The Kier molecular flexibility index (Phi) is 3.43. The molecule has 0 aliphatic carbocycles. The Morgan fingerprint density at radius 2 is 1.88 bits per heavy atom. The molecule has 88 valence electrons. The number of nitrogens with zero attached hydrogens (tertiary/aromatic N) is 1. The normalized spacial score (nSPS) is 10.5. The summed E-state index contributed by atoms with van der Waals surface area (Å²) in [6.07, 6.45) is 3.78. The summed E-state index contributed by atoms with van der Waals surface area (Å²) >= 11 is 0. The SMILES string of the molecule is CCc1ccc(CC)c(-c2cccnc2N)c1. The number of nitrogen functional groups attached to an aromatic ring is 1. The highest BCUT2D eigenvalue weighted by atomic mass is 14.8. The topological polar surface area (TPSA) is 38.9 Å². The van der Waals surface area contributed by atoms with E-state index >= 15 is 0 Å². The van der Waals surface area contributed by atoms with Crippen LogP contribution >= 0.6 is 0 Å². The molecule has 0 bridgehead atoms. The summed E-state index contributed by atoms with van der Waals surface area (Å²) in [6, 6.07) is 10.6. The van der Waals surface area contributed by atoms with Crippen molar-refractivity contribution in [2.24, 2.45) is 0 Å². The van der Waals surface area contributed by atoms with E-state index in [1.54, 1.807) is 6.20 Å². The summed E-state index contributed by atoms with van der Waals surface area (Å²) in [4.78, 5) is 4.16. The van der Waals surface area contributed by atoms with E-state index in [-0.39, 0.29) is 0 Å². The zero-order valence-corrected chi connectivity index (χ0v) is 10.4. The molecule has 0 spiro atoms. The first-order valence-electron chi connectivity index (χ1n) is 6.09. The lowest BCUT2D eigenvalue weighted by molar-refractivity contribution is 1.10. The molecule has 0 fully saturated rings. The van der Waals surface area contributed by atoms with Crippen LogP contribution in [0.2, 0.25) is 0 Å². The number of hydrogen-bond donors (Lipinski definition) is 1. The van der Waals surface area contributed by atoms with Gasteiger partial charge in [-0.3, -0.25) is 0 Å². The maximum absolute atomic E-state index is 5.96. The van der Waals surface area contributed by atoms with Gasteiger partial charge in [-0.2, -0.15) is 0 Å². The molecule has 1 aromatic carbocycles. The van der Waals surface area contributed by atoms with E-state index in [2.05, 4.69) is 37.0 Å². The van der Waals surface area contributed by atoms with E-state index in [4.69, 9.17) is 5.73 Å². The lowest BCUT2D eigenvalue weighted by Crippen LogP contribution is -1.97. The van der Waals surface area contributed by atoms with Crippen LogP contribution in [0.5, 0.6) is 0 Å². The smallest absolute Gasteiger partial charge is 0.131 e. The van der Waals surface area contributed by atoms with Crippen LogP contribution in [0.4, 0.5) is 5.82 Å². The highest BCUT2D eigenvalue weighted by molar-refractivity contribution is 5.76. The van der Waals surface area contributed by atoms with Gasteiger partial charge in [0, 0.05) is 11.8 Å². The first-order chi connectivity index (χ1) is 8.26. The molecule has 0 radical (unpaired) electrons. The third-order valence-corrected chi connectivity index (χ3v) is 3.09. The summed E-state index contributed by atoms with van der Waals surface area (Å²) < 4.78 is 0. The fourth-order valence-corrected chi connectivity index (χ4v) is 2.05. The Labute approximate surface area is 103 Å². The van der Waals surface area contributed by atoms with Gasteiger partial charge in [-0.05, 0) is 41.7 Å². The maximum Gasteiger partial charge on any atom is 0.131 e. The second kappa shape index (κ2) is 5.00. The monoisotopic (exact) mass is 226 g/mol. The Balaban J connectivity index is 2.60. The minimum absolute atomic E-state index is 0.607. The van der Waals surface area contributed by atoms with Gasteiger partial charge < -0.3 is 5.73 Å². The van der Waals surface area contributed by atoms with Crippen molar-refractivity contribution in [3.63, 3.8) is 0 Å². The fraction of sp³-hybridized carbons (Fsp3) is 0.267. The first kappa shape index (κ1) is 11.6. The minimum atomic E-state index is 0.607. The van der Waals surface area contributed by atoms with Crippen molar-refractivity contribution in [2.75, 3.05) is 5.73 Å². The summed E-state index contributed by atoms with van der Waals surface area (Å²) in [5.74, 6) is 0.607. The molecule has 0 aliphatic rings. The highest BCUT2D eigenvalue weighted by Crippen LogP contribution is 2.29. The molecule has 0 atom stereocenters. The Morgan fingerprint density at radius 1 is 1.06 bits per heavy atom. The lowest BCUT2D eigenvalue weighted by Gasteiger charge is -2.11. The first-order valence-corrected chi connectivity index (χ1v) is 6.09. The van der Waals surface area contributed by atoms with Gasteiger partial charge in [0.15, 0.2) is 0 Å². The molecule has 0 saturated carbocycles. The second-order valence-corrected chi connectivity index (χ2v) is 4.13. The van der Waals surface area contributed by atoms with Crippen LogP contribution in [0, 0.1) is 0 Å². The number of aryl methyl sites for hydroxylation is 2. The average Bonchev–Trinajstić information content (AvgIpc) is 2.38. The Hall–Kier alpha value is -1.83. The molecule has 0 unspecified atom stereocenters. The van der Waals surface area contributed by atoms with Gasteiger partial charge in [0.2, 0.25) is 0 Å². The molecule has 2 heteroatoms. The van der Waals surface area contributed by atoms with E-state index in [9.17, 15) is 0 Å². The van der Waals surface area contributed by atoms with Crippen LogP contribution in [0.1, 0.15) is 25.0 Å². The van der Waals surface area contributed by atoms with E-state index in [0.29, 0.717) is 5.82 Å². The van der Waals surface area contributed by atoms with Crippen molar-refractivity contribution >= 4 is 5.82 Å². The van der Waals surface area contributed by atoms with E-state index in [0.717, 1.165) is 18.4 Å². The Morgan fingerprint density at radius 3 is 2.53 bits per heavy atom. The Bertz CT molecular complexity index is 518. The molecule has 0 saturated heterocycles. The number of aromatic nitrogens is 1. The zero-order chi connectivity index (χ0) is 12.3. The van der Waals surface area contributed by atoms with Gasteiger partial charge >= 0.3 is 0 Å². The van der Waals surface area contributed by atoms with Crippen LogP contribution in [0.25, 0.3) is 11.1 Å². The molecule has 1 aromatic heterocycles. The van der Waals surface area contributed by atoms with Crippen molar-refractivity contribution in [1.82, 2.24) is 4.98 Å². The second-order valence-electron chi connectivity index (χ2n) is 4.13. The standard InChI is InChI=1S/C15H18N2/c1-3-11-7-8-12(4-2)14(10-11)13-6-5-9-17-15(13)16/h5-10H,3-4H2,1-2H3,(H2,16,17). The molecular formula is C15H18N2. The number of rotatable bonds is 3. The van der Waals surface area contributed by atoms with Crippen LogP contribution in [0.3, 0.4) is 0 Å². The highest BCUT2D eigenvalue weighted by Gasteiger charge is 2.08. The van der Waals surface area contributed by atoms with Gasteiger partial charge in [-0.25, -0.2) is 4.98 Å². The minimum Gasteiger partial charge on any atom is -0.383 e.